The van der Waals surface area contributed by atoms with E-state index < -0.39 is 18.0 Å². The fourth-order valence-corrected chi connectivity index (χ4v) is 2.90. The molecular formula is C19H27Cl2N11O3. The molecule has 0 atom stereocenters. The molecule has 0 aliphatic carbocycles. The van der Waals surface area contributed by atoms with Gasteiger partial charge in [0, 0.05) is 64.8 Å². The van der Waals surface area contributed by atoms with Gasteiger partial charge in [-0.05, 0) is 6.07 Å². The number of carbonyl (C=O) groups is 3. The molecule has 0 aromatic carbocycles. The third kappa shape index (κ3) is 6.74. The molecule has 3 amide bonds. The first kappa shape index (κ1) is 29.0. The highest BCUT2D eigenvalue weighted by Crippen LogP contribution is 2.14. The second-order valence-electron chi connectivity index (χ2n) is 7.31. The molecule has 0 saturated carbocycles. The lowest BCUT2D eigenvalue weighted by Gasteiger charge is -2.16. The molecule has 0 aliphatic rings. The third-order valence-corrected chi connectivity index (χ3v) is 4.73. The van der Waals surface area contributed by atoms with Crippen LogP contribution in [-0.2, 0) is 7.05 Å². The molecule has 0 radical (unpaired) electrons. The van der Waals surface area contributed by atoms with Gasteiger partial charge in [0.05, 0.1) is 11.5 Å². The maximum atomic E-state index is 12.8. The Bertz CT molecular complexity index is 1220. The number of anilines is 3. The Balaban J connectivity index is 0.00000306. The van der Waals surface area contributed by atoms with Crippen molar-refractivity contribution in [3.63, 3.8) is 0 Å². The minimum absolute atomic E-state index is 0. The van der Waals surface area contributed by atoms with Crippen molar-refractivity contribution in [1.82, 2.24) is 29.0 Å². The predicted octanol–water partition coefficient (Wildman–Crippen LogP) is 1.43. The topological polar surface area (TPSA) is 186 Å². The number of nitrogens with two attached hydrogens (primary N) is 2. The Morgan fingerprint density at radius 3 is 2.31 bits per heavy atom. The van der Waals surface area contributed by atoms with E-state index in [1.165, 1.54) is 47.4 Å². The molecule has 0 spiro atoms. The Morgan fingerprint density at radius 2 is 1.71 bits per heavy atom. The number of hydrogen-bond acceptors (Lipinski definition) is 7. The lowest BCUT2D eigenvalue weighted by molar-refractivity contribution is 0.101. The van der Waals surface area contributed by atoms with E-state index in [0.29, 0.717) is 11.4 Å². The van der Waals surface area contributed by atoms with Crippen molar-refractivity contribution in [2.75, 3.05) is 36.6 Å². The molecule has 6 N–H and O–H groups in total. The summed E-state index contributed by atoms with van der Waals surface area (Å²) in [6, 6.07) is 3.51. The number of amidine groups is 1. The normalized spacial score (nSPS) is 10.0. The summed E-state index contributed by atoms with van der Waals surface area (Å²) in [5.41, 5.74) is 11.8. The van der Waals surface area contributed by atoms with Crippen LogP contribution in [0.2, 0.25) is 0 Å². The van der Waals surface area contributed by atoms with E-state index >= 15 is 0 Å². The van der Waals surface area contributed by atoms with Crippen molar-refractivity contribution in [3.05, 3.63) is 42.5 Å². The largest absolute Gasteiger partial charge is 0.397 e. The predicted molar refractivity (Wildman–Crippen MR) is 136 cm³/mol. The summed E-state index contributed by atoms with van der Waals surface area (Å²) in [6.07, 6.45) is 4.67. The van der Waals surface area contributed by atoms with E-state index in [9.17, 15) is 14.4 Å². The van der Waals surface area contributed by atoms with Crippen LogP contribution >= 0.6 is 24.8 Å². The number of aryl methyl sites for hydroxylation is 1. The molecule has 0 saturated heterocycles. The highest BCUT2D eigenvalue weighted by atomic mass is 35.5. The van der Waals surface area contributed by atoms with E-state index in [1.807, 2.05) is 0 Å². The lowest BCUT2D eigenvalue weighted by atomic mass is 10.4. The van der Waals surface area contributed by atoms with E-state index in [1.54, 1.807) is 24.9 Å². The quantitative estimate of drug-likeness (QED) is 0.275. The fraction of sp³-hybridized carbons (Fsp3) is 0.263. The minimum Gasteiger partial charge on any atom is -0.397 e. The van der Waals surface area contributed by atoms with E-state index in [2.05, 4.69) is 15.5 Å². The van der Waals surface area contributed by atoms with Crippen LogP contribution in [0.1, 0.15) is 16.9 Å². The van der Waals surface area contributed by atoms with Crippen molar-refractivity contribution >= 4 is 65.9 Å². The first-order valence-corrected chi connectivity index (χ1v) is 9.77. The molecule has 16 heteroatoms. The highest BCUT2D eigenvalue weighted by molar-refractivity contribution is 6.03. The average molecular weight is 528 g/mol. The number of nitrogens with one attached hydrogen (secondary N) is 2. The number of rotatable bonds is 6. The van der Waals surface area contributed by atoms with Gasteiger partial charge in [-0.1, -0.05) is 0 Å². The summed E-state index contributed by atoms with van der Waals surface area (Å²) in [5.74, 6) is -0.0573. The summed E-state index contributed by atoms with van der Waals surface area (Å²) >= 11 is 0. The van der Waals surface area contributed by atoms with Crippen molar-refractivity contribution in [2.24, 2.45) is 12.8 Å². The number of nitrogens with zero attached hydrogens (tertiary/aromatic N) is 7. The first-order chi connectivity index (χ1) is 15.6. The average Bonchev–Trinajstić information content (AvgIpc) is 3.50. The van der Waals surface area contributed by atoms with Gasteiger partial charge >= 0.3 is 12.1 Å². The van der Waals surface area contributed by atoms with Crippen LogP contribution in [0.15, 0.2) is 36.8 Å². The first-order valence-electron chi connectivity index (χ1n) is 9.77. The highest BCUT2D eigenvalue weighted by Gasteiger charge is 2.20. The molecule has 3 heterocycles. The van der Waals surface area contributed by atoms with Crippen molar-refractivity contribution in [1.29, 1.82) is 5.41 Å². The number of nitrogen functional groups attached to an aromatic ring is 1. The molecule has 0 bridgehead atoms. The fourth-order valence-electron chi connectivity index (χ4n) is 2.90. The number of carbonyl (C=O) groups excluding carboxylic acids is 3. The third-order valence-electron chi connectivity index (χ3n) is 4.73. The van der Waals surface area contributed by atoms with E-state index in [-0.39, 0.29) is 55.3 Å². The van der Waals surface area contributed by atoms with Gasteiger partial charge in [-0.2, -0.15) is 9.36 Å². The number of hydrogen-bond donors (Lipinski definition) is 4. The molecule has 3 aromatic heterocycles. The molecule has 0 fully saturated rings. The van der Waals surface area contributed by atoms with Gasteiger partial charge in [-0.25, -0.2) is 9.59 Å². The minimum atomic E-state index is -0.554. The Morgan fingerprint density at radius 1 is 1.09 bits per heavy atom. The van der Waals surface area contributed by atoms with Crippen LogP contribution in [0.4, 0.5) is 26.9 Å². The molecule has 3 rings (SSSR count). The zero-order valence-electron chi connectivity index (χ0n) is 19.2. The van der Waals surface area contributed by atoms with Crippen molar-refractivity contribution in [3.8, 4) is 0 Å². The lowest BCUT2D eigenvalue weighted by Crippen LogP contribution is -2.35. The summed E-state index contributed by atoms with van der Waals surface area (Å²) in [4.78, 5) is 40.2. The van der Waals surface area contributed by atoms with Gasteiger partial charge < -0.3 is 26.3 Å². The molecule has 0 unspecified atom stereocenters. The van der Waals surface area contributed by atoms with E-state index in [4.69, 9.17) is 16.9 Å². The summed E-state index contributed by atoms with van der Waals surface area (Å²) in [5, 5.41) is 18.1. The van der Waals surface area contributed by atoms with Crippen LogP contribution in [0.5, 0.6) is 0 Å². The molecule has 35 heavy (non-hydrogen) atoms. The monoisotopic (exact) mass is 527 g/mol. The Kier molecular flexibility index (Phi) is 9.85. The SMILES string of the molecule is CN(CCC(=N)N)C(=O)n1ccc(N(C)C(=O)n2ccc(NC(=O)c3cc(N)cn3C)n2)n1.Cl.Cl. The zero-order chi connectivity index (χ0) is 24.3. The standard InChI is InChI=1S/C19H25N11O3.2ClH/c1-26(7-4-14(21)22)18(32)29-9-6-16(25-29)28(3)19(33)30-8-5-15(24-30)23-17(31)13-10-12(20)11-27(13)2;;/h5-6,8-11H,4,7,20H2,1-3H3,(H3,21,22)(H,23,24,31);2*1H. The summed E-state index contributed by atoms with van der Waals surface area (Å²) < 4.78 is 3.70. The van der Waals surface area contributed by atoms with Crippen LogP contribution in [0.3, 0.4) is 0 Å². The van der Waals surface area contributed by atoms with E-state index in [0.717, 1.165) is 9.36 Å². The summed E-state index contributed by atoms with van der Waals surface area (Å²) in [6.45, 7) is 0.259. The maximum absolute atomic E-state index is 12.8. The van der Waals surface area contributed by atoms with Gasteiger partial charge in [-0.15, -0.1) is 35.0 Å². The van der Waals surface area contributed by atoms with Gasteiger partial charge in [-0.3, -0.25) is 15.1 Å². The maximum Gasteiger partial charge on any atom is 0.350 e. The number of amides is 3. The van der Waals surface area contributed by atoms with Crippen LogP contribution in [0.25, 0.3) is 0 Å². The second kappa shape index (κ2) is 11.9. The second-order valence-corrected chi connectivity index (χ2v) is 7.31. The molecular weight excluding hydrogens is 501 g/mol. The van der Waals surface area contributed by atoms with Crippen LogP contribution < -0.4 is 21.7 Å². The van der Waals surface area contributed by atoms with Gasteiger partial charge in [0.25, 0.3) is 5.91 Å². The molecule has 14 nitrogen and oxygen atoms in total. The van der Waals surface area contributed by atoms with Crippen molar-refractivity contribution < 1.29 is 14.4 Å². The van der Waals surface area contributed by atoms with Gasteiger partial charge in [0.15, 0.2) is 11.6 Å². The van der Waals surface area contributed by atoms with Gasteiger partial charge in [0.2, 0.25) is 0 Å². The Labute approximate surface area is 213 Å². The number of halogens is 2. The number of aromatic nitrogens is 5. The molecule has 0 aliphatic heterocycles. The summed E-state index contributed by atoms with van der Waals surface area (Å²) in [7, 11) is 4.73. The van der Waals surface area contributed by atoms with Crippen LogP contribution in [0, 0.1) is 5.41 Å². The zero-order valence-corrected chi connectivity index (χ0v) is 20.8. The Hall–Kier alpha value is -4.04. The smallest absolute Gasteiger partial charge is 0.350 e. The van der Waals surface area contributed by atoms with Crippen LogP contribution in [-0.4, -0.2) is 73.5 Å². The van der Waals surface area contributed by atoms with Gasteiger partial charge in [0.1, 0.15) is 5.69 Å². The molecule has 190 valence electrons. The van der Waals surface area contributed by atoms with Crippen molar-refractivity contribution in [2.45, 2.75) is 6.42 Å². The molecule has 3 aromatic rings.